The second-order valence-electron chi connectivity index (χ2n) is 4.91. The Morgan fingerprint density at radius 3 is 1.61 bits per heavy atom. The van der Waals surface area contributed by atoms with Crippen molar-refractivity contribution in [1.29, 1.82) is 0 Å². The van der Waals surface area contributed by atoms with Crippen LogP contribution in [0.2, 0.25) is 0 Å². The molecule has 0 spiro atoms. The molecule has 0 atom stereocenters. The molecule has 1 aliphatic carbocycles. The van der Waals surface area contributed by atoms with Crippen LogP contribution in [0.25, 0.3) is 21.5 Å². The SMILES string of the molecule is c1cc2cc3cc4c(cc3cc2cc#1)CC=CC4. The molecule has 0 radical (unpaired) electrons. The molecule has 1 aliphatic rings. The molecule has 3 aromatic rings. The Labute approximate surface area is 107 Å². The molecule has 18 heavy (non-hydrogen) atoms. The molecule has 0 heteroatoms. The molecule has 4 rings (SSSR count). The minimum Gasteiger partial charge on any atom is -0.0838 e. The standard InChI is InChI=1S/C18H12/c1-2-6-14-10-18-12-16-8-4-3-7-15(16)11-17(18)9-13(14)5-1/h1-2,7-12H,5-6H2. The summed E-state index contributed by atoms with van der Waals surface area (Å²) < 4.78 is 0. The average Bonchev–Trinajstić information content (AvgIpc) is 2.42. The maximum absolute atomic E-state index is 3.03. The van der Waals surface area contributed by atoms with E-state index in [0.717, 1.165) is 12.8 Å². The van der Waals surface area contributed by atoms with E-state index in [9.17, 15) is 0 Å². The van der Waals surface area contributed by atoms with Gasteiger partial charge in [-0.05, 0) is 69.8 Å². The van der Waals surface area contributed by atoms with E-state index < -0.39 is 0 Å². The lowest BCUT2D eigenvalue weighted by Crippen LogP contribution is -1.97. The first kappa shape index (κ1) is 9.74. The van der Waals surface area contributed by atoms with Gasteiger partial charge in [0, 0.05) is 0 Å². The molecule has 0 fully saturated rings. The molecule has 0 aromatic heterocycles. The van der Waals surface area contributed by atoms with Gasteiger partial charge in [-0.15, -0.1) is 0 Å². The summed E-state index contributed by atoms with van der Waals surface area (Å²) in [4.78, 5) is 0. The zero-order valence-electron chi connectivity index (χ0n) is 10.0. The van der Waals surface area contributed by atoms with Gasteiger partial charge in [0.05, 0.1) is 0 Å². The summed E-state index contributed by atoms with van der Waals surface area (Å²) in [5.41, 5.74) is 2.94. The van der Waals surface area contributed by atoms with Crippen LogP contribution in [0.4, 0.5) is 0 Å². The lowest BCUT2D eigenvalue weighted by molar-refractivity contribution is 1.10. The van der Waals surface area contributed by atoms with Crippen LogP contribution in [0, 0.1) is 12.1 Å². The second-order valence-corrected chi connectivity index (χ2v) is 4.91. The number of rotatable bonds is 0. The first-order chi connectivity index (χ1) is 8.90. The topological polar surface area (TPSA) is 0 Å². The van der Waals surface area contributed by atoms with Gasteiger partial charge in [-0.3, -0.25) is 0 Å². The summed E-state index contributed by atoms with van der Waals surface area (Å²) >= 11 is 0. The zero-order valence-corrected chi connectivity index (χ0v) is 10.0. The van der Waals surface area contributed by atoms with Gasteiger partial charge < -0.3 is 0 Å². The zero-order chi connectivity index (χ0) is 11.9. The van der Waals surface area contributed by atoms with Crippen LogP contribution < -0.4 is 0 Å². The van der Waals surface area contributed by atoms with Crippen LogP contribution in [-0.2, 0) is 12.8 Å². The quantitative estimate of drug-likeness (QED) is 0.505. The molecule has 0 bridgehead atoms. The van der Waals surface area contributed by atoms with E-state index >= 15 is 0 Å². The van der Waals surface area contributed by atoms with Gasteiger partial charge in [0.1, 0.15) is 0 Å². The van der Waals surface area contributed by atoms with Crippen molar-refractivity contribution in [2.75, 3.05) is 0 Å². The minimum atomic E-state index is 1.07. The Kier molecular flexibility index (Phi) is 1.96. The smallest absolute Gasteiger partial charge is 0.00363 e. The Morgan fingerprint density at radius 1 is 0.611 bits per heavy atom. The van der Waals surface area contributed by atoms with Crippen molar-refractivity contribution in [2.45, 2.75) is 12.8 Å². The van der Waals surface area contributed by atoms with Crippen molar-refractivity contribution in [3.8, 4) is 0 Å². The van der Waals surface area contributed by atoms with E-state index in [4.69, 9.17) is 0 Å². The molecule has 0 saturated heterocycles. The van der Waals surface area contributed by atoms with Crippen molar-refractivity contribution >= 4 is 21.5 Å². The lowest BCUT2D eigenvalue weighted by Gasteiger charge is -2.12. The second kappa shape index (κ2) is 3.62. The summed E-state index contributed by atoms with van der Waals surface area (Å²) in [5.74, 6) is 0. The summed E-state index contributed by atoms with van der Waals surface area (Å²) in [5, 5.41) is 5.15. The highest BCUT2D eigenvalue weighted by Crippen LogP contribution is 2.27. The van der Waals surface area contributed by atoms with E-state index in [-0.39, 0.29) is 0 Å². The number of hydrogen-bond acceptors (Lipinski definition) is 0. The monoisotopic (exact) mass is 228 g/mol. The Bertz CT molecular complexity index is 712. The predicted octanol–water partition coefficient (Wildman–Crippen LogP) is 4.25. The lowest BCUT2D eigenvalue weighted by atomic mass is 9.92. The average molecular weight is 228 g/mol. The fourth-order valence-corrected chi connectivity index (χ4v) is 2.77. The first-order valence-electron chi connectivity index (χ1n) is 6.32. The third-order valence-corrected chi connectivity index (χ3v) is 3.74. The van der Waals surface area contributed by atoms with Gasteiger partial charge in [-0.1, -0.05) is 36.4 Å². The van der Waals surface area contributed by atoms with Crippen molar-refractivity contribution in [3.63, 3.8) is 0 Å². The molecule has 3 aromatic carbocycles. The van der Waals surface area contributed by atoms with Crippen molar-refractivity contribution < 1.29 is 0 Å². The molecule has 0 N–H and O–H groups in total. The number of allylic oxidation sites excluding steroid dienone is 2. The Morgan fingerprint density at radius 2 is 1.11 bits per heavy atom. The molecule has 0 aliphatic heterocycles. The van der Waals surface area contributed by atoms with E-state index in [1.54, 1.807) is 0 Å². The molecule has 84 valence electrons. The first-order valence-corrected chi connectivity index (χ1v) is 6.32. The molecule has 0 amide bonds. The van der Waals surface area contributed by atoms with Crippen LogP contribution in [0.15, 0.2) is 48.6 Å². The molecule has 0 unspecified atom stereocenters. The Balaban J connectivity index is 2.07. The Hall–Kier alpha value is -2.26. The summed E-state index contributed by atoms with van der Waals surface area (Å²) in [6.45, 7) is 0. The van der Waals surface area contributed by atoms with Crippen LogP contribution in [0.1, 0.15) is 11.1 Å². The maximum Gasteiger partial charge on any atom is -0.00363 e. The van der Waals surface area contributed by atoms with Gasteiger partial charge in [0.15, 0.2) is 0 Å². The van der Waals surface area contributed by atoms with Gasteiger partial charge in [0.25, 0.3) is 0 Å². The van der Waals surface area contributed by atoms with Crippen molar-refractivity contribution in [3.05, 3.63) is 71.8 Å². The highest BCUT2D eigenvalue weighted by molar-refractivity contribution is 5.98. The van der Waals surface area contributed by atoms with E-state index in [2.05, 4.69) is 48.6 Å². The summed E-state index contributed by atoms with van der Waals surface area (Å²) in [7, 11) is 0. The third-order valence-electron chi connectivity index (χ3n) is 3.74. The van der Waals surface area contributed by atoms with Crippen molar-refractivity contribution in [1.82, 2.24) is 0 Å². The molecular formula is C18H12. The highest BCUT2D eigenvalue weighted by atomic mass is 14.1. The van der Waals surface area contributed by atoms with E-state index in [1.165, 1.54) is 32.7 Å². The summed E-state index contributed by atoms with van der Waals surface area (Å²) in [6.07, 6.45) is 6.66. The number of fused-ring (bicyclic) bond motifs is 3. The number of hydrogen-bond donors (Lipinski definition) is 0. The van der Waals surface area contributed by atoms with Crippen LogP contribution in [0.5, 0.6) is 0 Å². The van der Waals surface area contributed by atoms with Gasteiger partial charge >= 0.3 is 0 Å². The predicted molar refractivity (Wildman–Crippen MR) is 75.7 cm³/mol. The molecule has 0 nitrogen and oxygen atoms in total. The largest absolute Gasteiger partial charge is 0.0838 e. The summed E-state index contributed by atoms with van der Waals surface area (Å²) in [6, 6.07) is 19.3. The van der Waals surface area contributed by atoms with E-state index in [1.807, 2.05) is 12.1 Å². The molecular weight excluding hydrogens is 216 g/mol. The van der Waals surface area contributed by atoms with Gasteiger partial charge in [-0.2, -0.15) is 0 Å². The molecule has 0 heterocycles. The van der Waals surface area contributed by atoms with Gasteiger partial charge in [0.2, 0.25) is 0 Å². The van der Waals surface area contributed by atoms with Crippen molar-refractivity contribution in [2.24, 2.45) is 0 Å². The van der Waals surface area contributed by atoms with Crippen LogP contribution in [-0.4, -0.2) is 0 Å². The maximum atomic E-state index is 3.03. The third kappa shape index (κ3) is 1.41. The van der Waals surface area contributed by atoms with E-state index in [0.29, 0.717) is 0 Å². The fourth-order valence-electron chi connectivity index (χ4n) is 2.77. The van der Waals surface area contributed by atoms with Gasteiger partial charge in [-0.25, -0.2) is 0 Å². The van der Waals surface area contributed by atoms with Crippen LogP contribution >= 0.6 is 0 Å². The van der Waals surface area contributed by atoms with Crippen LogP contribution in [0.3, 0.4) is 0 Å². The minimum absolute atomic E-state index is 1.07. The highest BCUT2D eigenvalue weighted by Gasteiger charge is 2.07. The normalized spacial score (nSPS) is 13.6. The number of benzene rings is 2. The fraction of sp³-hybridized carbons (Fsp3) is 0.111. The molecule has 0 saturated carbocycles.